The second kappa shape index (κ2) is 8.14. The van der Waals surface area contributed by atoms with Gasteiger partial charge in [-0.2, -0.15) is 0 Å². The molecule has 0 unspecified atom stereocenters. The predicted molar refractivity (Wildman–Crippen MR) is 110 cm³/mol. The van der Waals surface area contributed by atoms with E-state index in [1.807, 2.05) is 18.7 Å². The number of likely N-dealkylation sites (N-methyl/N-ethyl adjacent to an activating group) is 1. The van der Waals surface area contributed by atoms with E-state index in [4.69, 9.17) is 0 Å². The zero-order chi connectivity index (χ0) is 20.5. The number of H-pyrrole nitrogens is 1. The number of aryl methyl sites for hydroxylation is 1. The monoisotopic (exact) mass is 400 g/mol. The molecule has 2 amide bonds. The molecule has 1 saturated carbocycles. The minimum atomic E-state index is -0.325. The molecule has 7 heteroatoms. The Labute approximate surface area is 170 Å². The first-order chi connectivity index (χ1) is 14.0. The van der Waals surface area contributed by atoms with Crippen molar-refractivity contribution in [2.24, 2.45) is 0 Å². The van der Waals surface area contributed by atoms with E-state index in [9.17, 15) is 14.0 Å². The zero-order valence-electron chi connectivity index (χ0n) is 17.1. The zero-order valence-corrected chi connectivity index (χ0v) is 17.1. The Morgan fingerprint density at radius 1 is 1.31 bits per heavy atom. The molecule has 2 N–H and O–H groups in total. The molecule has 0 spiro atoms. The van der Waals surface area contributed by atoms with Crippen molar-refractivity contribution < 1.29 is 14.0 Å². The normalized spacial score (nSPS) is 23.6. The highest BCUT2D eigenvalue weighted by Crippen LogP contribution is 2.26. The molecule has 0 bridgehead atoms. The number of aromatic nitrogens is 1. The molecule has 2 atom stereocenters. The van der Waals surface area contributed by atoms with Crippen LogP contribution in [0.15, 0.2) is 18.2 Å². The fraction of sp³-hybridized carbons (Fsp3) is 0.545. The number of rotatable bonds is 4. The molecule has 0 radical (unpaired) electrons. The van der Waals surface area contributed by atoms with Crippen molar-refractivity contribution in [3.8, 4) is 0 Å². The van der Waals surface area contributed by atoms with Crippen LogP contribution in [0, 0.1) is 12.7 Å². The number of hydrogen-bond donors (Lipinski definition) is 2. The number of aromatic amines is 1. The lowest BCUT2D eigenvalue weighted by molar-refractivity contribution is -0.137. The predicted octanol–water partition coefficient (Wildman–Crippen LogP) is 2.82. The third kappa shape index (κ3) is 4.01. The summed E-state index contributed by atoms with van der Waals surface area (Å²) in [5, 5.41) is 3.57. The van der Waals surface area contributed by atoms with E-state index in [0.29, 0.717) is 29.2 Å². The van der Waals surface area contributed by atoms with E-state index in [0.717, 1.165) is 50.9 Å². The first-order valence-electron chi connectivity index (χ1n) is 10.6. The highest BCUT2D eigenvalue weighted by atomic mass is 19.1. The number of halogens is 1. The largest absolute Gasteiger partial charge is 0.350 e. The number of hydrogen-bond acceptors (Lipinski definition) is 3. The molecule has 1 aromatic heterocycles. The fourth-order valence-electron chi connectivity index (χ4n) is 4.71. The van der Waals surface area contributed by atoms with E-state index in [1.54, 1.807) is 12.1 Å². The number of carbonyl (C=O) groups excluding carboxylic acids is 2. The summed E-state index contributed by atoms with van der Waals surface area (Å²) in [6.45, 7) is 6.82. The summed E-state index contributed by atoms with van der Waals surface area (Å²) in [7, 11) is 0. The van der Waals surface area contributed by atoms with E-state index in [-0.39, 0.29) is 23.7 Å². The first-order valence-corrected chi connectivity index (χ1v) is 10.6. The van der Waals surface area contributed by atoms with Crippen LogP contribution in [0.5, 0.6) is 0 Å². The van der Waals surface area contributed by atoms with Crippen LogP contribution < -0.4 is 5.32 Å². The second-order valence-electron chi connectivity index (χ2n) is 8.27. The number of fused-ring (bicyclic) bond motifs is 1. The van der Waals surface area contributed by atoms with Gasteiger partial charge >= 0.3 is 0 Å². The van der Waals surface area contributed by atoms with Gasteiger partial charge in [-0.15, -0.1) is 0 Å². The topological polar surface area (TPSA) is 68.4 Å². The fourth-order valence-corrected chi connectivity index (χ4v) is 4.71. The summed E-state index contributed by atoms with van der Waals surface area (Å²) in [6, 6.07) is 5.12. The molecule has 6 nitrogen and oxygen atoms in total. The van der Waals surface area contributed by atoms with Gasteiger partial charge in [-0.3, -0.25) is 14.5 Å². The minimum absolute atomic E-state index is 0.0675. The molecule has 1 saturated heterocycles. The maximum absolute atomic E-state index is 14.1. The van der Waals surface area contributed by atoms with Crippen LogP contribution >= 0.6 is 0 Å². The van der Waals surface area contributed by atoms with Gasteiger partial charge in [0, 0.05) is 37.1 Å². The number of carbonyl (C=O) groups is 2. The third-order valence-electron chi connectivity index (χ3n) is 6.42. The number of amides is 2. The van der Waals surface area contributed by atoms with Crippen LogP contribution in [0.4, 0.5) is 4.39 Å². The third-order valence-corrected chi connectivity index (χ3v) is 6.42. The van der Waals surface area contributed by atoms with Crippen molar-refractivity contribution in [2.75, 3.05) is 26.2 Å². The quantitative estimate of drug-likeness (QED) is 0.829. The van der Waals surface area contributed by atoms with Crippen LogP contribution in [-0.4, -0.2) is 64.9 Å². The van der Waals surface area contributed by atoms with Gasteiger partial charge in [0.25, 0.3) is 5.91 Å². The van der Waals surface area contributed by atoms with Gasteiger partial charge in [0.15, 0.2) is 0 Å². The summed E-state index contributed by atoms with van der Waals surface area (Å²) in [6.07, 6.45) is 3.86. The summed E-state index contributed by atoms with van der Waals surface area (Å²) in [4.78, 5) is 32.3. The smallest absolute Gasteiger partial charge is 0.267 e. The van der Waals surface area contributed by atoms with Gasteiger partial charge in [0.1, 0.15) is 11.5 Å². The molecule has 4 rings (SSSR count). The molecule has 2 heterocycles. The number of piperazine rings is 1. The lowest BCUT2D eigenvalue weighted by Crippen LogP contribution is -2.55. The van der Waals surface area contributed by atoms with Crippen molar-refractivity contribution >= 4 is 22.7 Å². The van der Waals surface area contributed by atoms with Gasteiger partial charge < -0.3 is 15.2 Å². The lowest BCUT2D eigenvalue weighted by atomic mass is 9.89. The highest BCUT2D eigenvalue weighted by molar-refractivity contribution is 5.99. The maximum Gasteiger partial charge on any atom is 0.267 e. The van der Waals surface area contributed by atoms with Gasteiger partial charge in [0.05, 0.1) is 12.1 Å². The summed E-state index contributed by atoms with van der Waals surface area (Å²) < 4.78 is 14.1. The van der Waals surface area contributed by atoms with Crippen molar-refractivity contribution in [3.05, 3.63) is 35.3 Å². The standard InChI is InChI=1S/C22H29FN4O2/c1-3-26-9-10-27(13-20(26)28)16-6-4-5-15(11-16)24-22(29)19-12-17-18(23)8-7-14(2)21(17)25-19/h7-8,12,15-16,25H,3-6,9-11,13H2,1-2H3,(H,24,29)/t15-,16-/m1/s1. The molecule has 2 aromatic rings. The highest BCUT2D eigenvalue weighted by Gasteiger charge is 2.32. The van der Waals surface area contributed by atoms with Crippen LogP contribution in [0.25, 0.3) is 10.9 Å². The Bertz CT molecular complexity index is 886. The van der Waals surface area contributed by atoms with E-state index in [2.05, 4.69) is 15.2 Å². The van der Waals surface area contributed by atoms with Gasteiger partial charge in [-0.05, 0) is 57.2 Å². The summed E-state index contributed by atoms with van der Waals surface area (Å²) in [5.41, 5.74) is 1.97. The van der Waals surface area contributed by atoms with Crippen molar-refractivity contribution in [1.29, 1.82) is 0 Å². The Hall–Kier alpha value is -2.41. The molecule has 2 fully saturated rings. The minimum Gasteiger partial charge on any atom is -0.350 e. The lowest BCUT2D eigenvalue weighted by Gasteiger charge is -2.41. The Kier molecular flexibility index (Phi) is 5.58. The maximum atomic E-state index is 14.1. The average Bonchev–Trinajstić information content (AvgIpc) is 3.18. The van der Waals surface area contributed by atoms with Crippen LogP contribution in [-0.2, 0) is 4.79 Å². The van der Waals surface area contributed by atoms with E-state index in [1.165, 1.54) is 6.07 Å². The molecular weight excluding hydrogens is 371 g/mol. The molecule has 1 aliphatic heterocycles. The van der Waals surface area contributed by atoms with Crippen LogP contribution in [0.1, 0.15) is 48.7 Å². The van der Waals surface area contributed by atoms with Crippen LogP contribution in [0.3, 0.4) is 0 Å². The molecule has 1 aromatic carbocycles. The molecule has 1 aliphatic carbocycles. The summed E-state index contributed by atoms with van der Waals surface area (Å²) in [5.74, 6) is -0.326. The number of benzene rings is 1. The Balaban J connectivity index is 1.41. The van der Waals surface area contributed by atoms with E-state index >= 15 is 0 Å². The Morgan fingerprint density at radius 3 is 2.86 bits per heavy atom. The van der Waals surface area contributed by atoms with Gasteiger partial charge in [0.2, 0.25) is 5.91 Å². The van der Waals surface area contributed by atoms with Gasteiger partial charge in [-0.25, -0.2) is 4.39 Å². The Morgan fingerprint density at radius 2 is 2.14 bits per heavy atom. The molecular formula is C22H29FN4O2. The van der Waals surface area contributed by atoms with Crippen LogP contribution in [0.2, 0.25) is 0 Å². The van der Waals surface area contributed by atoms with Crippen molar-refractivity contribution in [2.45, 2.75) is 51.6 Å². The average molecular weight is 400 g/mol. The molecule has 2 aliphatic rings. The molecule has 29 heavy (non-hydrogen) atoms. The summed E-state index contributed by atoms with van der Waals surface area (Å²) >= 11 is 0. The van der Waals surface area contributed by atoms with E-state index < -0.39 is 0 Å². The SMILES string of the molecule is CCN1CCN([C@@H]2CCC[C@@H](NC(=O)c3cc4c(F)ccc(C)c4[nH]3)C2)CC1=O. The number of nitrogens with zero attached hydrogens (tertiary/aromatic N) is 2. The second-order valence-corrected chi connectivity index (χ2v) is 8.27. The van der Waals surface area contributed by atoms with Crippen molar-refractivity contribution in [3.63, 3.8) is 0 Å². The van der Waals surface area contributed by atoms with Crippen molar-refractivity contribution in [1.82, 2.24) is 20.1 Å². The molecule has 156 valence electrons. The first kappa shape index (κ1) is 19.9. The number of nitrogens with one attached hydrogen (secondary N) is 2. The van der Waals surface area contributed by atoms with Gasteiger partial charge in [-0.1, -0.05) is 6.07 Å².